The van der Waals surface area contributed by atoms with E-state index in [0.29, 0.717) is 13.0 Å². The van der Waals surface area contributed by atoms with Gasteiger partial charge in [0.05, 0.1) is 5.56 Å². The molecule has 106 valence electrons. The van der Waals surface area contributed by atoms with Gasteiger partial charge < -0.3 is 10.2 Å². The summed E-state index contributed by atoms with van der Waals surface area (Å²) < 4.78 is 27.7. The minimum atomic E-state index is -0.684. The Bertz CT molecular complexity index is 545. The van der Waals surface area contributed by atoms with Gasteiger partial charge in [-0.25, -0.2) is 8.78 Å². The van der Waals surface area contributed by atoms with Crippen LogP contribution in [0.4, 0.5) is 8.78 Å². The zero-order valence-corrected chi connectivity index (χ0v) is 11.0. The summed E-state index contributed by atoms with van der Waals surface area (Å²) in [4.78, 5) is 14.3. The largest absolute Gasteiger partial charge is 0.334 e. The molecule has 1 amide bonds. The van der Waals surface area contributed by atoms with Crippen molar-refractivity contribution < 1.29 is 13.6 Å². The van der Waals surface area contributed by atoms with E-state index in [1.807, 2.05) is 0 Å². The number of nitrogens with one attached hydrogen (secondary N) is 1. The van der Waals surface area contributed by atoms with Gasteiger partial charge in [-0.1, -0.05) is 12.1 Å². The fourth-order valence-electron chi connectivity index (χ4n) is 2.91. The maximum Gasteiger partial charge on any atom is 0.254 e. The Kier molecular flexibility index (Phi) is 3.53. The Labute approximate surface area is 116 Å². The minimum Gasteiger partial charge on any atom is -0.334 e. The summed E-state index contributed by atoms with van der Waals surface area (Å²) in [7, 11) is 0. The first-order chi connectivity index (χ1) is 9.68. The van der Waals surface area contributed by atoms with Crippen molar-refractivity contribution in [3.05, 3.63) is 41.5 Å². The first-order valence-corrected chi connectivity index (χ1v) is 6.84. The number of halogens is 2. The lowest BCUT2D eigenvalue weighted by atomic mass is 9.97. The summed E-state index contributed by atoms with van der Waals surface area (Å²) in [5, 5.41) is 3.21. The summed E-state index contributed by atoms with van der Waals surface area (Å²) >= 11 is 0. The molecule has 1 fully saturated rings. The maximum atomic E-state index is 13.8. The molecule has 0 radical (unpaired) electrons. The second-order valence-corrected chi connectivity index (χ2v) is 5.15. The van der Waals surface area contributed by atoms with Crippen LogP contribution in [0, 0.1) is 11.6 Å². The molecule has 0 bridgehead atoms. The molecule has 3 rings (SSSR count). The van der Waals surface area contributed by atoms with Crippen LogP contribution in [-0.4, -0.2) is 36.5 Å². The van der Waals surface area contributed by atoms with Gasteiger partial charge in [0.25, 0.3) is 5.91 Å². The molecule has 1 N–H and O–H groups in total. The van der Waals surface area contributed by atoms with Crippen LogP contribution in [0.1, 0.15) is 18.4 Å². The van der Waals surface area contributed by atoms with E-state index in [0.717, 1.165) is 19.5 Å². The van der Waals surface area contributed by atoms with Gasteiger partial charge >= 0.3 is 0 Å². The first kappa shape index (κ1) is 13.2. The summed E-state index contributed by atoms with van der Waals surface area (Å²) in [6.07, 6.45) is 3.16. The van der Waals surface area contributed by atoms with Gasteiger partial charge in [-0.05, 0) is 31.5 Å². The first-order valence-electron chi connectivity index (χ1n) is 6.84. The Hall–Kier alpha value is -1.75. The highest BCUT2D eigenvalue weighted by molar-refractivity contribution is 6.20. The molecule has 0 spiro atoms. The van der Waals surface area contributed by atoms with Gasteiger partial charge in [0.15, 0.2) is 0 Å². The van der Waals surface area contributed by atoms with E-state index in [1.54, 1.807) is 11.0 Å². The fraction of sp³-hybridized carbons (Fsp3) is 0.400. The van der Waals surface area contributed by atoms with Crippen molar-refractivity contribution in [1.82, 2.24) is 10.2 Å². The van der Waals surface area contributed by atoms with Gasteiger partial charge in [0.1, 0.15) is 11.6 Å². The Morgan fingerprint density at radius 1 is 1.25 bits per heavy atom. The van der Waals surface area contributed by atoms with Crippen molar-refractivity contribution in [2.24, 2.45) is 0 Å². The zero-order valence-electron chi connectivity index (χ0n) is 11.0. The van der Waals surface area contributed by atoms with Crippen molar-refractivity contribution in [2.45, 2.75) is 18.9 Å². The highest BCUT2D eigenvalue weighted by atomic mass is 19.1. The number of hydrogen-bond acceptors (Lipinski definition) is 2. The molecule has 3 nitrogen and oxygen atoms in total. The minimum absolute atomic E-state index is 0.126. The Balaban J connectivity index is 1.93. The normalized spacial score (nSPS) is 23.1. The third-order valence-corrected chi connectivity index (χ3v) is 3.92. The average Bonchev–Trinajstić information content (AvgIpc) is 2.94. The van der Waals surface area contributed by atoms with Crippen LogP contribution in [0.2, 0.25) is 0 Å². The number of rotatable bonds is 2. The highest BCUT2D eigenvalue weighted by Crippen LogP contribution is 2.28. The van der Waals surface area contributed by atoms with Crippen LogP contribution >= 0.6 is 0 Å². The van der Waals surface area contributed by atoms with Crippen LogP contribution in [0.3, 0.4) is 0 Å². The topological polar surface area (TPSA) is 32.3 Å². The van der Waals surface area contributed by atoms with Crippen LogP contribution in [-0.2, 0) is 4.79 Å². The van der Waals surface area contributed by atoms with Gasteiger partial charge in [-0.15, -0.1) is 0 Å². The molecule has 1 atom stereocenters. The predicted octanol–water partition coefficient (Wildman–Crippen LogP) is 1.94. The van der Waals surface area contributed by atoms with E-state index in [2.05, 4.69) is 5.32 Å². The summed E-state index contributed by atoms with van der Waals surface area (Å²) in [6.45, 7) is 2.24. The molecule has 5 heteroatoms. The third-order valence-electron chi connectivity index (χ3n) is 3.92. The van der Waals surface area contributed by atoms with E-state index < -0.39 is 11.6 Å². The molecule has 2 aliphatic rings. The van der Waals surface area contributed by atoms with Crippen molar-refractivity contribution in [2.75, 3.05) is 19.6 Å². The predicted molar refractivity (Wildman–Crippen MR) is 71.9 cm³/mol. The third kappa shape index (κ3) is 2.22. The number of carbonyl (C=O) groups excluding carboxylic acids is 1. The highest BCUT2D eigenvalue weighted by Gasteiger charge is 2.32. The number of benzene rings is 1. The lowest BCUT2D eigenvalue weighted by Crippen LogP contribution is -2.44. The van der Waals surface area contributed by atoms with E-state index in [9.17, 15) is 13.6 Å². The van der Waals surface area contributed by atoms with E-state index in [4.69, 9.17) is 0 Å². The molecule has 1 aromatic rings. The molecular formula is C15H16F2N2O. The molecule has 0 aromatic heterocycles. The van der Waals surface area contributed by atoms with Gasteiger partial charge in [-0.2, -0.15) is 0 Å². The van der Waals surface area contributed by atoms with Crippen molar-refractivity contribution in [3.63, 3.8) is 0 Å². The monoisotopic (exact) mass is 278 g/mol. The average molecular weight is 278 g/mol. The van der Waals surface area contributed by atoms with E-state index in [1.165, 1.54) is 18.2 Å². The Morgan fingerprint density at radius 3 is 2.65 bits per heavy atom. The summed E-state index contributed by atoms with van der Waals surface area (Å²) in [5.74, 6) is -1.64. The molecule has 20 heavy (non-hydrogen) atoms. The van der Waals surface area contributed by atoms with Crippen molar-refractivity contribution in [3.8, 4) is 0 Å². The zero-order chi connectivity index (χ0) is 14.1. The van der Waals surface area contributed by atoms with Crippen LogP contribution in [0.15, 0.2) is 24.3 Å². The van der Waals surface area contributed by atoms with Gasteiger partial charge in [0, 0.05) is 24.7 Å². The van der Waals surface area contributed by atoms with Gasteiger partial charge in [0.2, 0.25) is 0 Å². The molecular weight excluding hydrogens is 262 g/mol. The second-order valence-electron chi connectivity index (χ2n) is 5.15. The summed E-state index contributed by atoms with van der Waals surface area (Å²) in [5.41, 5.74) is -0.0492. The van der Waals surface area contributed by atoms with Crippen LogP contribution in [0.5, 0.6) is 0 Å². The van der Waals surface area contributed by atoms with Crippen molar-refractivity contribution >= 4 is 11.5 Å². The molecule has 1 unspecified atom stereocenters. The molecule has 1 saturated heterocycles. The number of amides is 1. The van der Waals surface area contributed by atoms with Crippen LogP contribution < -0.4 is 5.32 Å². The quantitative estimate of drug-likeness (QED) is 0.896. The van der Waals surface area contributed by atoms with Crippen molar-refractivity contribution in [1.29, 1.82) is 0 Å². The number of nitrogens with zero attached hydrogens (tertiary/aromatic N) is 1. The van der Waals surface area contributed by atoms with Gasteiger partial charge in [-0.3, -0.25) is 4.79 Å². The number of hydrogen-bond donors (Lipinski definition) is 1. The van der Waals surface area contributed by atoms with E-state index in [-0.39, 0.29) is 23.1 Å². The molecule has 0 saturated carbocycles. The number of carbonyl (C=O) groups is 1. The van der Waals surface area contributed by atoms with Crippen LogP contribution in [0.25, 0.3) is 5.57 Å². The summed E-state index contributed by atoms with van der Waals surface area (Å²) in [6, 6.07) is 3.80. The molecule has 2 heterocycles. The molecule has 2 aliphatic heterocycles. The maximum absolute atomic E-state index is 13.8. The SMILES string of the molecule is O=C1C(c2c(F)cccc2F)=CCCN1C1CCNC1. The Morgan fingerprint density at radius 2 is 2.00 bits per heavy atom. The smallest absolute Gasteiger partial charge is 0.254 e. The molecule has 0 aliphatic carbocycles. The van der Waals surface area contributed by atoms with E-state index >= 15 is 0 Å². The molecule has 1 aromatic carbocycles. The lowest BCUT2D eigenvalue weighted by Gasteiger charge is -2.32. The lowest BCUT2D eigenvalue weighted by molar-refractivity contribution is -0.127. The fourth-order valence-corrected chi connectivity index (χ4v) is 2.91. The standard InChI is InChI=1S/C15H16F2N2O/c16-12-4-1-5-13(17)14(12)11-3-2-8-19(15(11)20)10-6-7-18-9-10/h1,3-5,10,18H,2,6-9H2. The second kappa shape index (κ2) is 5.32.